The molecule has 1 saturated carbocycles. The summed E-state index contributed by atoms with van der Waals surface area (Å²) in [6, 6.07) is 10.7. The van der Waals surface area contributed by atoms with E-state index in [2.05, 4.69) is 5.32 Å². The van der Waals surface area contributed by atoms with Crippen LogP contribution in [0.5, 0.6) is 11.5 Å². The molecule has 0 aromatic heterocycles. The third kappa shape index (κ3) is 6.32. The second-order valence-electron chi connectivity index (χ2n) is 7.42. The number of carbonyl (C=O) groups excluding carboxylic acids is 1. The van der Waals surface area contributed by atoms with E-state index in [1.165, 1.54) is 6.08 Å². The summed E-state index contributed by atoms with van der Waals surface area (Å²) < 4.78 is 11.6. The Morgan fingerprint density at radius 2 is 1.88 bits per heavy atom. The summed E-state index contributed by atoms with van der Waals surface area (Å²) in [5.41, 5.74) is 1.40. The van der Waals surface area contributed by atoms with Crippen molar-refractivity contribution in [3.8, 4) is 17.6 Å². The molecule has 168 valence electrons. The van der Waals surface area contributed by atoms with Crippen molar-refractivity contribution in [1.29, 1.82) is 5.26 Å². The Kier molecular flexibility index (Phi) is 8.69. The second kappa shape index (κ2) is 11.5. The molecular formula is C24H23Cl3N2O3. The lowest BCUT2D eigenvalue weighted by Gasteiger charge is -2.15. The fourth-order valence-electron chi connectivity index (χ4n) is 3.51. The summed E-state index contributed by atoms with van der Waals surface area (Å²) >= 11 is 18.5. The molecule has 0 saturated heterocycles. The normalized spacial score (nSPS) is 14.2. The van der Waals surface area contributed by atoms with Gasteiger partial charge in [-0.1, -0.05) is 53.7 Å². The average Bonchev–Trinajstić information content (AvgIpc) is 3.27. The van der Waals surface area contributed by atoms with Crippen molar-refractivity contribution in [3.05, 3.63) is 62.1 Å². The van der Waals surface area contributed by atoms with Crippen LogP contribution >= 0.6 is 34.8 Å². The highest BCUT2D eigenvalue weighted by Crippen LogP contribution is 2.38. The topological polar surface area (TPSA) is 71.3 Å². The fourth-order valence-corrected chi connectivity index (χ4v) is 4.10. The fraction of sp³-hybridized carbons (Fsp3) is 0.333. The van der Waals surface area contributed by atoms with Crippen molar-refractivity contribution in [3.63, 3.8) is 0 Å². The summed E-state index contributed by atoms with van der Waals surface area (Å²) in [4.78, 5) is 12.5. The minimum absolute atomic E-state index is 0.0138. The molecule has 1 aliphatic rings. The third-order valence-electron chi connectivity index (χ3n) is 5.07. The van der Waals surface area contributed by atoms with Gasteiger partial charge < -0.3 is 14.8 Å². The molecular weight excluding hydrogens is 471 g/mol. The molecule has 2 aromatic rings. The van der Waals surface area contributed by atoms with E-state index in [1.807, 2.05) is 19.1 Å². The second-order valence-corrected chi connectivity index (χ2v) is 8.65. The van der Waals surface area contributed by atoms with Crippen LogP contribution in [0.15, 0.2) is 35.9 Å². The number of halogens is 3. The van der Waals surface area contributed by atoms with Gasteiger partial charge in [0.05, 0.1) is 21.7 Å². The summed E-state index contributed by atoms with van der Waals surface area (Å²) in [5.74, 6) is 0.402. The minimum atomic E-state index is -0.381. The van der Waals surface area contributed by atoms with Crippen molar-refractivity contribution in [2.24, 2.45) is 0 Å². The number of nitrogens with zero attached hydrogens (tertiary/aromatic N) is 1. The summed E-state index contributed by atoms with van der Waals surface area (Å²) in [7, 11) is 0. The monoisotopic (exact) mass is 492 g/mol. The van der Waals surface area contributed by atoms with Crippen molar-refractivity contribution >= 4 is 46.8 Å². The number of carbonyl (C=O) groups is 1. The van der Waals surface area contributed by atoms with Gasteiger partial charge in [0.25, 0.3) is 5.91 Å². The van der Waals surface area contributed by atoms with E-state index in [1.54, 1.807) is 24.3 Å². The zero-order valence-corrected chi connectivity index (χ0v) is 19.9. The quantitative estimate of drug-likeness (QED) is 0.332. The SMILES string of the molecule is CCOc1cc(/C=C(/C#N)C(=O)NC2CCCC2)cc(Cl)c1OCc1ccc(Cl)c(Cl)c1. The lowest BCUT2D eigenvalue weighted by molar-refractivity contribution is -0.117. The van der Waals surface area contributed by atoms with Crippen molar-refractivity contribution in [2.75, 3.05) is 6.61 Å². The maximum Gasteiger partial charge on any atom is 0.262 e. The Morgan fingerprint density at radius 1 is 1.12 bits per heavy atom. The molecule has 1 fully saturated rings. The number of nitrogens with one attached hydrogen (secondary N) is 1. The molecule has 0 radical (unpaired) electrons. The molecule has 8 heteroatoms. The lowest BCUT2D eigenvalue weighted by atomic mass is 10.1. The first-order valence-corrected chi connectivity index (χ1v) is 11.5. The molecule has 0 unspecified atom stereocenters. The molecule has 0 atom stereocenters. The molecule has 2 aromatic carbocycles. The zero-order valence-electron chi connectivity index (χ0n) is 17.6. The largest absolute Gasteiger partial charge is 0.490 e. The first-order chi connectivity index (χ1) is 15.4. The third-order valence-corrected chi connectivity index (χ3v) is 6.09. The van der Waals surface area contributed by atoms with Crippen molar-refractivity contribution in [2.45, 2.75) is 45.3 Å². The van der Waals surface area contributed by atoms with Gasteiger partial charge in [0, 0.05) is 6.04 Å². The van der Waals surface area contributed by atoms with Crippen LogP contribution in [0, 0.1) is 11.3 Å². The van der Waals surface area contributed by atoms with E-state index in [9.17, 15) is 10.1 Å². The van der Waals surface area contributed by atoms with Gasteiger partial charge in [-0.25, -0.2) is 0 Å². The zero-order chi connectivity index (χ0) is 23.1. The number of benzene rings is 2. The van der Waals surface area contributed by atoms with Crippen molar-refractivity contribution in [1.82, 2.24) is 5.32 Å². The van der Waals surface area contributed by atoms with Gasteiger partial charge in [0.1, 0.15) is 18.2 Å². The number of ether oxygens (including phenoxy) is 2. The maximum atomic E-state index is 12.5. The number of rotatable bonds is 8. The molecule has 0 spiro atoms. The first kappa shape index (κ1) is 24.3. The van der Waals surface area contributed by atoms with E-state index in [-0.39, 0.29) is 24.1 Å². The molecule has 1 N–H and O–H groups in total. The van der Waals surface area contributed by atoms with Crippen LogP contribution in [0.2, 0.25) is 15.1 Å². The minimum Gasteiger partial charge on any atom is -0.490 e. The van der Waals surface area contributed by atoms with E-state index >= 15 is 0 Å². The van der Waals surface area contributed by atoms with Gasteiger partial charge >= 0.3 is 0 Å². The highest BCUT2D eigenvalue weighted by atomic mass is 35.5. The van der Waals surface area contributed by atoms with Crippen molar-refractivity contribution < 1.29 is 14.3 Å². The smallest absolute Gasteiger partial charge is 0.262 e. The van der Waals surface area contributed by atoms with E-state index in [0.29, 0.717) is 38.7 Å². The van der Waals surface area contributed by atoms with Crippen LogP contribution in [-0.2, 0) is 11.4 Å². The van der Waals surface area contributed by atoms with Crippen LogP contribution < -0.4 is 14.8 Å². The summed E-state index contributed by atoms with van der Waals surface area (Å²) in [6.07, 6.45) is 5.56. The number of nitriles is 1. The molecule has 0 aliphatic heterocycles. The Balaban J connectivity index is 1.81. The van der Waals surface area contributed by atoms with Gasteiger partial charge in [0.2, 0.25) is 0 Å². The highest BCUT2D eigenvalue weighted by molar-refractivity contribution is 6.42. The maximum absolute atomic E-state index is 12.5. The van der Waals surface area contributed by atoms with Crippen LogP contribution in [0.25, 0.3) is 6.08 Å². The number of hydrogen-bond donors (Lipinski definition) is 1. The predicted octanol–water partition coefficient (Wildman–Crippen LogP) is 6.59. The van der Waals surface area contributed by atoms with E-state index in [4.69, 9.17) is 44.3 Å². The van der Waals surface area contributed by atoms with Crippen LogP contribution in [0.3, 0.4) is 0 Å². The predicted molar refractivity (Wildman–Crippen MR) is 127 cm³/mol. The molecule has 0 heterocycles. The van der Waals surface area contributed by atoms with Crippen LogP contribution in [0.4, 0.5) is 0 Å². The van der Waals surface area contributed by atoms with Gasteiger partial charge in [-0.15, -0.1) is 0 Å². The van der Waals surface area contributed by atoms with Crippen LogP contribution in [0.1, 0.15) is 43.7 Å². The first-order valence-electron chi connectivity index (χ1n) is 10.4. The van der Waals surface area contributed by atoms with Gasteiger partial charge in [0.15, 0.2) is 11.5 Å². The van der Waals surface area contributed by atoms with Crippen LogP contribution in [-0.4, -0.2) is 18.6 Å². The Morgan fingerprint density at radius 3 is 2.53 bits per heavy atom. The van der Waals surface area contributed by atoms with Gasteiger partial charge in [-0.3, -0.25) is 4.79 Å². The molecule has 1 aliphatic carbocycles. The van der Waals surface area contributed by atoms with E-state index in [0.717, 1.165) is 31.2 Å². The standard InChI is InChI=1S/C24H23Cl3N2O3/c1-2-31-22-12-16(9-17(13-28)24(30)29-18-5-3-4-6-18)11-21(27)23(22)32-14-15-7-8-19(25)20(26)10-15/h7-12,18H,2-6,14H2,1H3,(H,29,30)/b17-9-. The average molecular weight is 494 g/mol. The molecule has 1 amide bonds. The molecule has 3 rings (SSSR count). The molecule has 32 heavy (non-hydrogen) atoms. The van der Waals surface area contributed by atoms with Gasteiger partial charge in [-0.2, -0.15) is 5.26 Å². The highest BCUT2D eigenvalue weighted by Gasteiger charge is 2.20. The molecule has 0 bridgehead atoms. The van der Waals surface area contributed by atoms with Gasteiger partial charge in [-0.05, 0) is 61.2 Å². The number of amides is 1. The lowest BCUT2D eigenvalue weighted by Crippen LogP contribution is -2.33. The summed E-state index contributed by atoms with van der Waals surface area (Å²) in [6.45, 7) is 2.44. The number of hydrogen-bond acceptors (Lipinski definition) is 4. The Hall–Kier alpha value is -2.39. The summed E-state index contributed by atoms with van der Waals surface area (Å²) in [5, 5.41) is 13.6. The Bertz CT molecular complexity index is 1060. The molecule has 5 nitrogen and oxygen atoms in total. The van der Waals surface area contributed by atoms with E-state index < -0.39 is 0 Å². The Labute approximate surface area is 202 Å².